The molecule has 0 unspecified atom stereocenters. The molecule has 0 aliphatic rings. The third-order valence-corrected chi connectivity index (χ3v) is 4.33. The van der Waals surface area contributed by atoms with Crippen LogP contribution < -0.4 is 5.32 Å². The molecule has 0 fully saturated rings. The number of rotatable bonds is 4. The van der Waals surface area contributed by atoms with Gasteiger partial charge in [0, 0.05) is 11.9 Å². The van der Waals surface area contributed by atoms with Crippen molar-refractivity contribution in [2.45, 2.75) is 31.4 Å². The highest BCUT2D eigenvalue weighted by Gasteiger charge is 2.14. The summed E-state index contributed by atoms with van der Waals surface area (Å²) in [5.41, 5.74) is 3.29. The van der Waals surface area contributed by atoms with Crippen molar-refractivity contribution in [3.05, 3.63) is 48.2 Å². The van der Waals surface area contributed by atoms with E-state index >= 15 is 0 Å². The van der Waals surface area contributed by atoms with Gasteiger partial charge < -0.3 is 9.73 Å². The predicted molar refractivity (Wildman–Crippen MR) is 96.3 cm³/mol. The first kappa shape index (κ1) is 16.5. The molecule has 0 atom stereocenters. The molecular formula is C18H19N3O2S. The summed E-state index contributed by atoms with van der Waals surface area (Å²) >= 11 is 1.25. The molecule has 1 aromatic carbocycles. The molecule has 24 heavy (non-hydrogen) atoms. The second-order valence-corrected chi connectivity index (χ2v) is 7.40. The van der Waals surface area contributed by atoms with Gasteiger partial charge >= 0.3 is 0 Å². The molecule has 2 aromatic heterocycles. The molecule has 0 saturated heterocycles. The number of hydrogen-bond acceptors (Lipinski definition) is 5. The van der Waals surface area contributed by atoms with Gasteiger partial charge in [-0.05, 0) is 35.2 Å². The van der Waals surface area contributed by atoms with Crippen LogP contribution in [0.1, 0.15) is 26.3 Å². The Hall–Kier alpha value is -2.34. The van der Waals surface area contributed by atoms with Crippen LogP contribution in [0.15, 0.2) is 52.2 Å². The fourth-order valence-corrected chi connectivity index (χ4v) is 2.82. The zero-order valence-electron chi connectivity index (χ0n) is 13.9. The zero-order chi connectivity index (χ0) is 17.2. The molecule has 124 valence electrons. The van der Waals surface area contributed by atoms with Crippen LogP contribution in [-0.2, 0) is 10.2 Å². The molecule has 0 aliphatic heterocycles. The minimum absolute atomic E-state index is 0.0966. The Kier molecular flexibility index (Phi) is 4.57. The van der Waals surface area contributed by atoms with Crippen molar-refractivity contribution in [1.82, 2.24) is 9.97 Å². The summed E-state index contributed by atoms with van der Waals surface area (Å²) in [7, 11) is 0. The SMILES string of the molecule is CC(C)(C)c1ccc(NC(=O)CSc2nc3ncccc3o2)cc1. The largest absolute Gasteiger partial charge is 0.430 e. The van der Waals surface area contributed by atoms with E-state index in [-0.39, 0.29) is 17.1 Å². The van der Waals surface area contributed by atoms with E-state index in [9.17, 15) is 4.79 Å². The third kappa shape index (κ3) is 3.94. The number of oxazole rings is 1. The standard InChI is InChI=1S/C18H19N3O2S/c1-18(2,3)12-6-8-13(9-7-12)20-15(22)11-24-17-21-16-14(23-17)5-4-10-19-16/h4-10H,11H2,1-3H3,(H,20,22). The molecule has 1 amide bonds. The Balaban J connectivity index is 1.57. The zero-order valence-corrected chi connectivity index (χ0v) is 14.7. The molecule has 0 saturated carbocycles. The summed E-state index contributed by atoms with van der Waals surface area (Å²) in [4.78, 5) is 20.4. The van der Waals surface area contributed by atoms with Crippen LogP contribution >= 0.6 is 11.8 Å². The normalized spacial score (nSPS) is 11.6. The van der Waals surface area contributed by atoms with E-state index in [1.807, 2.05) is 24.3 Å². The van der Waals surface area contributed by atoms with Crippen LogP contribution in [-0.4, -0.2) is 21.6 Å². The number of nitrogens with one attached hydrogen (secondary N) is 1. The summed E-state index contributed by atoms with van der Waals surface area (Å²) in [6.07, 6.45) is 1.66. The lowest BCUT2D eigenvalue weighted by molar-refractivity contribution is -0.113. The molecule has 0 aliphatic carbocycles. The van der Waals surface area contributed by atoms with Crippen molar-refractivity contribution in [3.8, 4) is 0 Å². The lowest BCUT2D eigenvalue weighted by Gasteiger charge is -2.19. The number of benzene rings is 1. The Morgan fingerprint density at radius 3 is 2.62 bits per heavy atom. The second-order valence-electron chi connectivity index (χ2n) is 6.47. The quantitative estimate of drug-likeness (QED) is 0.719. The van der Waals surface area contributed by atoms with Gasteiger partial charge in [-0.25, -0.2) is 4.98 Å². The topological polar surface area (TPSA) is 68.0 Å². The van der Waals surface area contributed by atoms with Gasteiger partial charge in [0.15, 0.2) is 11.2 Å². The first-order chi connectivity index (χ1) is 11.4. The summed E-state index contributed by atoms with van der Waals surface area (Å²) < 4.78 is 5.53. The summed E-state index contributed by atoms with van der Waals surface area (Å²) in [5, 5.41) is 3.33. The molecule has 1 N–H and O–H groups in total. The Morgan fingerprint density at radius 1 is 1.21 bits per heavy atom. The van der Waals surface area contributed by atoms with Gasteiger partial charge in [0.25, 0.3) is 5.22 Å². The summed E-state index contributed by atoms with van der Waals surface area (Å²) in [5.74, 6) is 0.132. The highest BCUT2D eigenvalue weighted by atomic mass is 32.2. The number of thioether (sulfide) groups is 1. The molecule has 2 heterocycles. The smallest absolute Gasteiger partial charge is 0.258 e. The van der Waals surface area contributed by atoms with Crippen LogP contribution in [0.25, 0.3) is 11.2 Å². The van der Waals surface area contributed by atoms with Gasteiger partial charge in [-0.3, -0.25) is 4.79 Å². The van der Waals surface area contributed by atoms with Crippen LogP contribution in [0.4, 0.5) is 5.69 Å². The van der Waals surface area contributed by atoms with Gasteiger partial charge in [-0.2, -0.15) is 4.98 Å². The minimum Gasteiger partial charge on any atom is -0.430 e. The Bertz CT molecular complexity index is 818. The van der Waals surface area contributed by atoms with Gasteiger partial charge in [0.2, 0.25) is 5.91 Å². The summed E-state index contributed by atoms with van der Waals surface area (Å²) in [6, 6.07) is 11.5. The first-order valence-electron chi connectivity index (χ1n) is 7.66. The summed E-state index contributed by atoms with van der Waals surface area (Å²) in [6.45, 7) is 6.48. The van der Waals surface area contributed by atoms with E-state index in [4.69, 9.17) is 4.42 Å². The average Bonchev–Trinajstić information content (AvgIpc) is 2.95. The molecule has 0 spiro atoms. The minimum atomic E-state index is -0.0984. The van der Waals surface area contributed by atoms with Gasteiger partial charge in [0.05, 0.1) is 5.75 Å². The van der Waals surface area contributed by atoms with Crippen LogP contribution in [0.3, 0.4) is 0 Å². The number of pyridine rings is 1. The van der Waals surface area contributed by atoms with Crippen molar-refractivity contribution in [3.63, 3.8) is 0 Å². The van der Waals surface area contributed by atoms with Crippen molar-refractivity contribution in [2.75, 3.05) is 11.1 Å². The van der Waals surface area contributed by atoms with Crippen molar-refractivity contribution in [1.29, 1.82) is 0 Å². The van der Waals surface area contributed by atoms with Crippen molar-refractivity contribution >= 4 is 34.6 Å². The van der Waals surface area contributed by atoms with E-state index in [0.717, 1.165) is 5.69 Å². The highest BCUT2D eigenvalue weighted by molar-refractivity contribution is 7.99. The molecule has 0 radical (unpaired) electrons. The maximum absolute atomic E-state index is 12.1. The number of carbonyl (C=O) groups excluding carboxylic acids is 1. The average molecular weight is 341 g/mol. The van der Waals surface area contributed by atoms with E-state index < -0.39 is 0 Å². The van der Waals surface area contributed by atoms with E-state index in [0.29, 0.717) is 16.5 Å². The van der Waals surface area contributed by atoms with E-state index in [1.165, 1.54) is 17.3 Å². The molecule has 6 heteroatoms. The fraction of sp³-hybridized carbons (Fsp3) is 0.278. The Morgan fingerprint density at radius 2 is 1.96 bits per heavy atom. The van der Waals surface area contributed by atoms with E-state index in [2.05, 4.69) is 36.1 Å². The van der Waals surface area contributed by atoms with Gasteiger partial charge in [0.1, 0.15) is 0 Å². The molecule has 0 bridgehead atoms. The van der Waals surface area contributed by atoms with Crippen molar-refractivity contribution in [2.24, 2.45) is 0 Å². The maximum atomic E-state index is 12.1. The van der Waals surface area contributed by atoms with Crippen molar-refractivity contribution < 1.29 is 9.21 Å². The number of fused-ring (bicyclic) bond motifs is 1. The third-order valence-electron chi connectivity index (χ3n) is 3.51. The van der Waals surface area contributed by atoms with E-state index in [1.54, 1.807) is 18.3 Å². The van der Waals surface area contributed by atoms with Crippen LogP contribution in [0.5, 0.6) is 0 Å². The molecule has 3 rings (SSSR count). The molecule has 3 aromatic rings. The number of carbonyl (C=O) groups is 1. The van der Waals surface area contributed by atoms with Gasteiger partial charge in [-0.15, -0.1) is 0 Å². The maximum Gasteiger partial charge on any atom is 0.258 e. The Labute approximate surface area is 144 Å². The number of nitrogens with zero attached hydrogens (tertiary/aromatic N) is 2. The van der Waals surface area contributed by atoms with Crippen LogP contribution in [0.2, 0.25) is 0 Å². The second kappa shape index (κ2) is 6.65. The monoisotopic (exact) mass is 341 g/mol. The van der Waals surface area contributed by atoms with Crippen LogP contribution in [0, 0.1) is 0 Å². The number of anilines is 1. The number of hydrogen-bond donors (Lipinski definition) is 1. The molecule has 5 nitrogen and oxygen atoms in total. The van der Waals surface area contributed by atoms with Gasteiger partial charge in [-0.1, -0.05) is 44.7 Å². The fourth-order valence-electron chi connectivity index (χ4n) is 2.19. The number of aromatic nitrogens is 2. The number of amides is 1. The lowest BCUT2D eigenvalue weighted by atomic mass is 9.87. The lowest BCUT2D eigenvalue weighted by Crippen LogP contribution is -2.15. The predicted octanol–water partition coefficient (Wildman–Crippen LogP) is 4.25. The molecular weight excluding hydrogens is 322 g/mol. The first-order valence-corrected chi connectivity index (χ1v) is 8.65. The highest BCUT2D eigenvalue weighted by Crippen LogP contribution is 2.24.